The van der Waals surface area contributed by atoms with Crippen LogP contribution in [-0.4, -0.2) is 43.1 Å². The van der Waals surface area contributed by atoms with Crippen LogP contribution in [0.2, 0.25) is 0 Å². The van der Waals surface area contributed by atoms with Crippen LogP contribution < -0.4 is 4.74 Å². The Balaban J connectivity index is 1.10. The summed E-state index contributed by atoms with van der Waals surface area (Å²) in [6.45, 7) is 6.15. The number of imidazole rings is 2. The molecule has 8 nitrogen and oxygen atoms in total. The molecule has 1 amide bonds. The smallest absolute Gasteiger partial charge is 0.410 e. The van der Waals surface area contributed by atoms with E-state index in [1.54, 1.807) is 23.2 Å². The minimum atomic E-state index is -0.581. The van der Waals surface area contributed by atoms with Crippen molar-refractivity contribution in [1.29, 1.82) is 0 Å². The summed E-state index contributed by atoms with van der Waals surface area (Å²) in [5.74, 6) is 3.09. The molecule has 0 radical (unpaired) electrons. The molecule has 1 atom stereocenters. The van der Waals surface area contributed by atoms with E-state index in [1.165, 1.54) is 31.4 Å². The number of hydrogen-bond acceptors (Lipinski definition) is 5. The third-order valence-electron chi connectivity index (χ3n) is 8.56. The molecule has 2 aliphatic heterocycles. The van der Waals surface area contributed by atoms with E-state index in [0.717, 1.165) is 41.1 Å². The number of benzene rings is 2. The van der Waals surface area contributed by atoms with Crippen molar-refractivity contribution in [2.24, 2.45) is 0 Å². The maximum atomic E-state index is 15.5. The lowest BCUT2D eigenvalue weighted by molar-refractivity contribution is 0.0218. The largest absolute Gasteiger partial charge is 0.457 e. The number of H-pyrrole nitrogens is 2. The molecule has 7 rings (SSSR count). The lowest BCUT2D eigenvalue weighted by Gasteiger charge is -2.27. The van der Waals surface area contributed by atoms with Gasteiger partial charge in [-0.3, -0.25) is 4.90 Å². The Bertz CT molecular complexity index is 1650. The molecule has 2 N–H and O–H groups in total. The summed E-state index contributed by atoms with van der Waals surface area (Å²) in [7, 11) is 0. The van der Waals surface area contributed by atoms with Crippen molar-refractivity contribution in [3.8, 4) is 34.1 Å². The van der Waals surface area contributed by atoms with Crippen LogP contribution in [0, 0.1) is 5.82 Å². The lowest BCUT2D eigenvalue weighted by Crippen LogP contribution is -2.36. The van der Waals surface area contributed by atoms with E-state index < -0.39 is 5.60 Å². The quantitative estimate of drug-likeness (QED) is 0.228. The molecule has 0 unspecified atom stereocenters. The van der Waals surface area contributed by atoms with E-state index in [2.05, 4.69) is 26.0 Å². The monoisotopic (exact) mass is 569 g/mol. The van der Waals surface area contributed by atoms with Crippen LogP contribution in [0.5, 0.6) is 11.5 Å². The van der Waals surface area contributed by atoms with E-state index in [1.807, 2.05) is 39.1 Å². The van der Waals surface area contributed by atoms with Crippen LogP contribution in [-0.2, 0) is 11.2 Å². The minimum absolute atomic E-state index is 0.241. The highest BCUT2D eigenvalue weighted by molar-refractivity contribution is 5.70. The van der Waals surface area contributed by atoms with Gasteiger partial charge in [0.1, 0.15) is 34.6 Å². The molecule has 1 saturated heterocycles. The molecule has 1 aliphatic carbocycles. The molecule has 0 bridgehead atoms. The number of rotatable bonds is 4. The number of aromatic nitrogens is 4. The maximum Gasteiger partial charge on any atom is 0.410 e. The summed E-state index contributed by atoms with van der Waals surface area (Å²) in [4.78, 5) is 30.4. The van der Waals surface area contributed by atoms with Crippen LogP contribution in [0.3, 0.4) is 0 Å². The van der Waals surface area contributed by atoms with Gasteiger partial charge < -0.3 is 19.4 Å². The van der Waals surface area contributed by atoms with Gasteiger partial charge in [-0.05, 0) is 76.8 Å². The average molecular weight is 570 g/mol. The molecule has 42 heavy (non-hydrogen) atoms. The van der Waals surface area contributed by atoms with Crippen molar-refractivity contribution < 1.29 is 18.7 Å². The van der Waals surface area contributed by atoms with Gasteiger partial charge in [-0.25, -0.2) is 19.2 Å². The first-order chi connectivity index (χ1) is 20.2. The van der Waals surface area contributed by atoms with Crippen LogP contribution in [0.25, 0.3) is 22.6 Å². The Hall–Kier alpha value is -4.14. The molecule has 1 saturated carbocycles. The fourth-order valence-corrected chi connectivity index (χ4v) is 6.48. The van der Waals surface area contributed by atoms with Gasteiger partial charge >= 0.3 is 6.09 Å². The highest BCUT2D eigenvalue weighted by atomic mass is 19.1. The second kappa shape index (κ2) is 10.3. The van der Waals surface area contributed by atoms with Crippen LogP contribution >= 0.6 is 0 Å². The van der Waals surface area contributed by atoms with E-state index in [9.17, 15) is 4.79 Å². The number of carbonyl (C=O) groups excluding carboxylic acids is 1. The van der Waals surface area contributed by atoms with Gasteiger partial charge in [-0.2, -0.15) is 0 Å². The van der Waals surface area contributed by atoms with Gasteiger partial charge in [0, 0.05) is 53.0 Å². The molecule has 218 valence electrons. The number of carbonyl (C=O) groups is 1. The van der Waals surface area contributed by atoms with Crippen molar-refractivity contribution >= 4 is 6.09 Å². The number of hydrogen-bond donors (Lipinski definition) is 2. The Morgan fingerprint density at radius 1 is 1.00 bits per heavy atom. The van der Waals surface area contributed by atoms with Crippen molar-refractivity contribution in [2.45, 2.75) is 83.3 Å². The molecule has 9 heteroatoms. The Kier molecular flexibility index (Phi) is 6.55. The number of halogens is 1. The second-order valence-corrected chi connectivity index (χ2v) is 12.7. The topological polar surface area (TPSA) is 96.1 Å². The summed E-state index contributed by atoms with van der Waals surface area (Å²) in [5.41, 5.74) is 4.34. The van der Waals surface area contributed by atoms with Gasteiger partial charge in [0.05, 0.1) is 17.9 Å². The van der Waals surface area contributed by atoms with Crippen molar-refractivity contribution in [1.82, 2.24) is 24.8 Å². The third-order valence-corrected chi connectivity index (χ3v) is 8.56. The molecule has 4 heterocycles. The summed E-state index contributed by atoms with van der Waals surface area (Å²) in [6.07, 6.45) is 10.4. The summed E-state index contributed by atoms with van der Waals surface area (Å²) < 4.78 is 27.4. The second-order valence-electron chi connectivity index (χ2n) is 12.7. The number of nitrogens with zero attached hydrogens (tertiary/aromatic N) is 3. The highest BCUT2D eigenvalue weighted by Gasteiger charge is 2.35. The Labute approximate surface area is 244 Å². The Morgan fingerprint density at radius 3 is 2.62 bits per heavy atom. The molecular weight excluding hydrogens is 533 g/mol. The van der Waals surface area contributed by atoms with Crippen LogP contribution in [0.4, 0.5) is 9.18 Å². The first-order valence-electron chi connectivity index (χ1n) is 15.0. The van der Waals surface area contributed by atoms with E-state index in [0.29, 0.717) is 41.7 Å². The Morgan fingerprint density at radius 2 is 1.81 bits per heavy atom. The van der Waals surface area contributed by atoms with Gasteiger partial charge in [-0.15, -0.1) is 0 Å². The van der Waals surface area contributed by atoms with Crippen molar-refractivity contribution in [3.05, 3.63) is 71.2 Å². The molecule has 2 fully saturated rings. The molecule has 3 aliphatic rings. The standard InChI is InChI=1S/C33H36FN5O3/c1-33(2,3)42-32(40)39-12-6-9-27(39)31-36-18-26(38-31)23-16-29-22(15-24(23)34)14-21-13-20(10-11-28(21)41-29)30-35-17-25(37-30)19-7-4-5-8-19/h10-11,13,15-19,27H,4-9,12,14H2,1-3H3,(H,35,37)(H,36,38)/t27-/m1/s1. The van der Waals surface area contributed by atoms with Gasteiger partial charge in [0.2, 0.25) is 0 Å². The van der Waals surface area contributed by atoms with E-state index in [4.69, 9.17) is 9.47 Å². The first-order valence-corrected chi connectivity index (χ1v) is 15.0. The molecule has 2 aromatic carbocycles. The normalized spacial score (nSPS) is 18.6. The third kappa shape index (κ3) is 5.05. The predicted molar refractivity (Wildman–Crippen MR) is 157 cm³/mol. The molecule has 4 aromatic rings. The maximum absolute atomic E-state index is 15.5. The average Bonchev–Trinajstić information content (AvgIpc) is 3.77. The number of likely N-dealkylation sites (tertiary alicyclic amines) is 1. The predicted octanol–water partition coefficient (Wildman–Crippen LogP) is 8.03. The lowest BCUT2D eigenvalue weighted by atomic mass is 9.96. The van der Waals surface area contributed by atoms with Gasteiger partial charge in [-0.1, -0.05) is 12.8 Å². The number of ether oxygens (including phenoxy) is 2. The fraction of sp³-hybridized carbons (Fsp3) is 0.424. The summed E-state index contributed by atoms with van der Waals surface area (Å²) >= 11 is 0. The molecule has 0 spiro atoms. The SMILES string of the molecule is CC(C)(C)OC(=O)N1CCC[C@@H]1c1ncc(-c2cc3c(cc2F)Cc2cc(-c4ncc(C5CCCC5)[nH]4)ccc2O3)[nH]1. The van der Waals surface area contributed by atoms with Crippen molar-refractivity contribution in [3.63, 3.8) is 0 Å². The fourth-order valence-electron chi connectivity index (χ4n) is 6.48. The summed E-state index contributed by atoms with van der Waals surface area (Å²) in [6, 6.07) is 9.11. The number of nitrogens with one attached hydrogen (secondary N) is 2. The van der Waals surface area contributed by atoms with Gasteiger partial charge in [0.15, 0.2) is 0 Å². The number of fused-ring (bicyclic) bond motifs is 2. The van der Waals surface area contributed by atoms with Gasteiger partial charge in [0.25, 0.3) is 0 Å². The van der Waals surface area contributed by atoms with E-state index >= 15 is 4.39 Å². The van der Waals surface area contributed by atoms with E-state index in [-0.39, 0.29) is 18.0 Å². The molecule has 2 aromatic heterocycles. The highest BCUT2D eigenvalue weighted by Crippen LogP contribution is 2.42. The number of aromatic amines is 2. The van der Waals surface area contributed by atoms with Crippen LogP contribution in [0.1, 0.15) is 93.9 Å². The number of amides is 1. The van der Waals surface area contributed by atoms with Crippen LogP contribution in [0.15, 0.2) is 42.7 Å². The minimum Gasteiger partial charge on any atom is -0.457 e. The zero-order valence-electron chi connectivity index (χ0n) is 24.3. The van der Waals surface area contributed by atoms with Crippen molar-refractivity contribution in [2.75, 3.05) is 6.54 Å². The zero-order chi connectivity index (χ0) is 29.0. The first kappa shape index (κ1) is 26.7. The molecular formula is C33H36FN5O3. The summed E-state index contributed by atoms with van der Waals surface area (Å²) in [5, 5.41) is 0. The zero-order valence-corrected chi connectivity index (χ0v) is 24.3.